The fraction of sp³-hybridized carbons (Fsp3) is 0.375. The van der Waals surface area contributed by atoms with Gasteiger partial charge in [-0.25, -0.2) is 0 Å². The van der Waals surface area contributed by atoms with Crippen LogP contribution in [0.4, 0.5) is 0 Å². The van der Waals surface area contributed by atoms with Crippen molar-refractivity contribution in [3.63, 3.8) is 0 Å². The van der Waals surface area contributed by atoms with Crippen LogP contribution < -0.4 is 0 Å². The molecule has 0 heterocycles. The number of aliphatic hydroxyl groups excluding tert-OH is 1. The van der Waals surface area contributed by atoms with Crippen LogP contribution in [0, 0.1) is 0 Å². The van der Waals surface area contributed by atoms with Crippen LogP contribution in [-0.2, 0) is 9.53 Å². The van der Waals surface area contributed by atoms with Gasteiger partial charge < -0.3 is 9.84 Å². The molecule has 11 heavy (non-hydrogen) atoms. The van der Waals surface area contributed by atoms with Gasteiger partial charge in [-0.1, -0.05) is 18.7 Å². The number of hydrogen-bond acceptors (Lipinski definition) is 3. The second-order valence-corrected chi connectivity index (χ2v) is 1.53. The number of allylic oxidation sites excluding steroid dienone is 1. The van der Waals surface area contributed by atoms with Gasteiger partial charge in [-0.15, -0.1) is 0 Å². The smallest absolute Gasteiger partial charge is 0.307 e. The lowest BCUT2D eigenvalue weighted by Crippen LogP contribution is -1.87. The number of carbonyl (C=O) groups excluding carboxylic acids is 1. The van der Waals surface area contributed by atoms with Crippen LogP contribution in [-0.4, -0.2) is 17.7 Å². The molecule has 64 valence electrons. The van der Waals surface area contributed by atoms with Crippen molar-refractivity contribution in [1.82, 2.24) is 0 Å². The molecule has 0 aromatic rings. The first kappa shape index (κ1) is 12.6. The summed E-state index contributed by atoms with van der Waals surface area (Å²) in [5, 5.41) is 7.98. The first-order valence-electron chi connectivity index (χ1n) is 3.19. The third kappa shape index (κ3) is 27.8. The molecule has 0 saturated heterocycles. The van der Waals surface area contributed by atoms with E-state index < -0.39 is 0 Å². The van der Waals surface area contributed by atoms with Gasteiger partial charge in [0, 0.05) is 6.92 Å². The van der Waals surface area contributed by atoms with Crippen LogP contribution in [0.15, 0.2) is 25.0 Å². The molecule has 1 N–H and O–H groups in total. The second kappa shape index (κ2) is 11.7. The molecule has 0 amide bonds. The van der Waals surface area contributed by atoms with Gasteiger partial charge in [0.15, 0.2) is 0 Å². The number of ether oxygens (including phenoxy) is 1. The fourth-order valence-corrected chi connectivity index (χ4v) is 0.223. The maximum absolute atomic E-state index is 9.75. The van der Waals surface area contributed by atoms with Gasteiger partial charge in [0.05, 0.1) is 12.9 Å². The summed E-state index contributed by atoms with van der Waals surface area (Å²) >= 11 is 0. The predicted octanol–water partition coefficient (Wildman–Crippen LogP) is 1.25. The van der Waals surface area contributed by atoms with E-state index in [1.54, 1.807) is 12.2 Å². The highest BCUT2D eigenvalue weighted by molar-refractivity contribution is 5.66. The van der Waals surface area contributed by atoms with E-state index in [0.29, 0.717) is 0 Å². The first-order valence-corrected chi connectivity index (χ1v) is 3.19. The van der Waals surface area contributed by atoms with Crippen molar-refractivity contribution in [1.29, 1.82) is 0 Å². The Balaban J connectivity index is 0. The maximum atomic E-state index is 9.75. The summed E-state index contributed by atoms with van der Waals surface area (Å²) in [6.07, 6.45) is 4.59. The van der Waals surface area contributed by atoms with E-state index in [1.165, 1.54) is 6.92 Å². The Morgan fingerprint density at radius 2 is 2.27 bits per heavy atom. The lowest BCUT2D eigenvalue weighted by atomic mass is 10.6. The van der Waals surface area contributed by atoms with Crippen LogP contribution in [0.5, 0.6) is 0 Å². The maximum Gasteiger partial charge on any atom is 0.307 e. The van der Waals surface area contributed by atoms with Gasteiger partial charge in [0.1, 0.15) is 0 Å². The Morgan fingerprint density at radius 3 is 2.27 bits per heavy atom. The molecule has 0 radical (unpaired) electrons. The van der Waals surface area contributed by atoms with Crippen molar-refractivity contribution >= 4 is 5.97 Å². The van der Waals surface area contributed by atoms with Gasteiger partial charge >= 0.3 is 5.97 Å². The van der Waals surface area contributed by atoms with Gasteiger partial charge in [-0.3, -0.25) is 4.79 Å². The monoisotopic (exact) mass is 158 g/mol. The Morgan fingerprint density at radius 1 is 1.73 bits per heavy atom. The fourth-order valence-electron chi connectivity index (χ4n) is 0.223. The highest BCUT2D eigenvalue weighted by atomic mass is 16.5. The quantitative estimate of drug-likeness (QED) is 0.373. The largest absolute Gasteiger partial charge is 0.435 e. The van der Waals surface area contributed by atoms with E-state index in [4.69, 9.17) is 5.11 Å². The third-order valence-electron chi connectivity index (χ3n) is 0.590. The van der Waals surface area contributed by atoms with Crippen LogP contribution in [0.25, 0.3) is 0 Å². The number of rotatable bonds is 2. The molecule has 0 aromatic heterocycles. The minimum atomic E-state index is -0.329. The zero-order chi connectivity index (χ0) is 9.11. The number of aliphatic hydroxyl groups is 1. The van der Waals surface area contributed by atoms with Crippen molar-refractivity contribution in [2.24, 2.45) is 0 Å². The van der Waals surface area contributed by atoms with Crippen LogP contribution in [0.2, 0.25) is 0 Å². The zero-order valence-electron chi connectivity index (χ0n) is 6.91. The Hall–Kier alpha value is -1.09. The summed E-state index contributed by atoms with van der Waals surface area (Å²) in [7, 11) is 0. The second-order valence-electron chi connectivity index (χ2n) is 1.53. The topological polar surface area (TPSA) is 46.5 Å². The molecule has 0 bridgehead atoms. The molecule has 0 spiro atoms. The molecule has 0 atom stereocenters. The van der Waals surface area contributed by atoms with Crippen LogP contribution in [0.3, 0.4) is 0 Å². The first-order chi connectivity index (χ1) is 5.18. The van der Waals surface area contributed by atoms with Crippen LogP contribution >= 0.6 is 0 Å². The van der Waals surface area contributed by atoms with Crippen molar-refractivity contribution < 1.29 is 14.6 Å². The molecule has 0 aliphatic carbocycles. The molecule has 0 rings (SSSR count). The summed E-state index contributed by atoms with van der Waals surface area (Å²) in [5.41, 5.74) is 0. The number of hydrogen-bond donors (Lipinski definition) is 1. The lowest BCUT2D eigenvalue weighted by Gasteiger charge is -1.83. The average molecular weight is 158 g/mol. The van der Waals surface area contributed by atoms with Gasteiger partial charge in [0.25, 0.3) is 0 Å². The minimum Gasteiger partial charge on any atom is -0.435 e. The Labute approximate surface area is 67.0 Å². The van der Waals surface area contributed by atoms with Gasteiger partial charge in [-0.05, 0) is 6.92 Å². The highest BCUT2D eigenvalue weighted by Gasteiger charge is 1.79. The van der Waals surface area contributed by atoms with Crippen molar-refractivity contribution in [2.75, 3.05) is 6.61 Å². The third-order valence-corrected chi connectivity index (χ3v) is 0.590. The lowest BCUT2D eigenvalue weighted by molar-refractivity contribution is -0.135. The van der Waals surface area contributed by atoms with E-state index in [2.05, 4.69) is 11.3 Å². The summed E-state index contributed by atoms with van der Waals surface area (Å²) in [5.74, 6) is -0.329. The van der Waals surface area contributed by atoms with E-state index in [0.717, 1.165) is 6.26 Å². The predicted molar refractivity (Wildman–Crippen MR) is 43.9 cm³/mol. The molecule has 0 saturated carbocycles. The normalized spacial score (nSPS) is 8.27. The molecule has 0 aromatic carbocycles. The summed E-state index contributed by atoms with van der Waals surface area (Å²) in [6, 6.07) is 0. The van der Waals surface area contributed by atoms with Gasteiger partial charge in [0.2, 0.25) is 0 Å². The summed E-state index contributed by atoms with van der Waals surface area (Å²) in [4.78, 5) is 9.75. The van der Waals surface area contributed by atoms with E-state index in [-0.39, 0.29) is 12.6 Å². The molecule has 3 heteroatoms. The van der Waals surface area contributed by atoms with E-state index in [9.17, 15) is 4.79 Å². The summed E-state index contributed by atoms with van der Waals surface area (Å²) < 4.78 is 4.17. The van der Waals surface area contributed by atoms with Crippen LogP contribution in [0.1, 0.15) is 13.8 Å². The molecule has 0 aliphatic rings. The molecule has 0 unspecified atom stereocenters. The molecular formula is C8H14O3. The molecule has 3 nitrogen and oxygen atoms in total. The molecule has 0 aliphatic heterocycles. The van der Waals surface area contributed by atoms with Crippen molar-refractivity contribution in [3.05, 3.63) is 25.0 Å². The summed E-state index contributed by atoms with van der Waals surface area (Å²) in [6.45, 7) is 6.51. The SMILES string of the molecule is C=COC(C)=O.CC=CCO. The Kier molecular flexibility index (Phi) is 13.3. The standard InChI is InChI=1S/C4H6O2.C4H8O/c1-3-6-4(2)5;1-2-3-4-5/h3H,1H2,2H3;2-3,5H,4H2,1H3. The Bertz CT molecular complexity index is 127. The van der Waals surface area contributed by atoms with Crippen molar-refractivity contribution in [2.45, 2.75) is 13.8 Å². The number of esters is 1. The van der Waals surface area contributed by atoms with Crippen molar-refractivity contribution in [3.8, 4) is 0 Å². The van der Waals surface area contributed by atoms with E-state index in [1.807, 2.05) is 6.92 Å². The van der Waals surface area contributed by atoms with Gasteiger partial charge in [-0.2, -0.15) is 0 Å². The highest BCUT2D eigenvalue weighted by Crippen LogP contribution is 1.70. The molecule has 0 fully saturated rings. The average Bonchev–Trinajstić information content (AvgIpc) is 1.90. The minimum absolute atomic E-state index is 0.163. The number of carbonyl (C=O) groups is 1. The molecular weight excluding hydrogens is 144 g/mol. The van der Waals surface area contributed by atoms with E-state index >= 15 is 0 Å². The zero-order valence-corrected chi connectivity index (χ0v) is 6.91.